The number of carbonyl (C=O) groups is 1. The Hall–Kier alpha value is -1.84. The van der Waals surface area contributed by atoms with Gasteiger partial charge >= 0.3 is 5.97 Å². The van der Waals surface area contributed by atoms with Crippen molar-refractivity contribution in [3.8, 4) is 0 Å². The average molecular weight is 272 g/mol. The van der Waals surface area contributed by atoms with Crippen LogP contribution in [-0.4, -0.2) is 20.6 Å². The SMILES string of the molecule is CC(C)c1nc2c(C(=O)O)cccc2n1C1(C)CCC1. The molecule has 1 heterocycles. The second-order valence-corrected chi connectivity index (χ2v) is 6.29. The molecule has 3 rings (SSSR count). The van der Waals surface area contributed by atoms with Crippen LogP contribution in [-0.2, 0) is 5.54 Å². The van der Waals surface area contributed by atoms with E-state index in [1.165, 1.54) is 6.42 Å². The predicted octanol–water partition coefficient (Wildman–Crippen LogP) is 3.76. The van der Waals surface area contributed by atoms with Gasteiger partial charge in [0.15, 0.2) is 0 Å². The van der Waals surface area contributed by atoms with E-state index in [-0.39, 0.29) is 11.5 Å². The Morgan fingerprint density at radius 2 is 2.10 bits per heavy atom. The third-order valence-electron chi connectivity index (χ3n) is 4.43. The molecule has 106 valence electrons. The maximum absolute atomic E-state index is 11.4. The molecule has 1 aromatic heterocycles. The summed E-state index contributed by atoms with van der Waals surface area (Å²) in [5.41, 5.74) is 1.96. The molecular weight excluding hydrogens is 252 g/mol. The normalized spacial score (nSPS) is 17.4. The van der Waals surface area contributed by atoms with E-state index < -0.39 is 5.97 Å². The van der Waals surface area contributed by atoms with Crippen LogP contribution in [0.3, 0.4) is 0 Å². The van der Waals surface area contributed by atoms with Crippen molar-refractivity contribution >= 4 is 17.0 Å². The largest absolute Gasteiger partial charge is 0.478 e. The molecule has 1 N–H and O–H groups in total. The summed E-state index contributed by atoms with van der Waals surface area (Å²) < 4.78 is 2.28. The number of carboxylic acid groups (broad SMARTS) is 1. The standard InChI is InChI=1S/C16H20N2O2/c1-10(2)14-17-13-11(15(19)20)6-4-7-12(13)18(14)16(3)8-5-9-16/h4,6-7,10H,5,8-9H2,1-3H3,(H,19,20). The third-order valence-corrected chi connectivity index (χ3v) is 4.43. The van der Waals surface area contributed by atoms with Gasteiger partial charge in [0.1, 0.15) is 11.3 Å². The minimum absolute atomic E-state index is 0.0888. The number of rotatable bonds is 3. The van der Waals surface area contributed by atoms with Gasteiger partial charge in [-0.3, -0.25) is 0 Å². The minimum Gasteiger partial charge on any atom is -0.478 e. The van der Waals surface area contributed by atoms with Crippen molar-refractivity contribution < 1.29 is 9.90 Å². The molecule has 0 spiro atoms. The number of hydrogen-bond acceptors (Lipinski definition) is 2. The van der Waals surface area contributed by atoms with Crippen LogP contribution in [0.1, 0.15) is 62.1 Å². The van der Waals surface area contributed by atoms with Crippen molar-refractivity contribution in [3.05, 3.63) is 29.6 Å². The zero-order valence-electron chi connectivity index (χ0n) is 12.2. The number of nitrogens with zero attached hydrogens (tertiary/aromatic N) is 2. The van der Waals surface area contributed by atoms with Crippen LogP contribution in [0.4, 0.5) is 0 Å². The number of carboxylic acids is 1. The number of aromatic carboxylic acids is 1. The molecule has 0 saturated heterocycles. The Balaban J connectivity index is 2.34. The van der Waals surface area contributed by atoms with Gasteiger partial charge in [0.05, 0.1) is 11.1 Å². The summed E-state index contributed by atoms with van der Waals surface area (Å²) in [6, 6.07) is 5.44. The fourth-order valence-electron chi connectivity index (χ4n) is 3.16. The number of fused-ring (bicyclic) bond motifs is 1. The number of imidazole rings is 1. The van der Waals surface area contributed by atoms with Crippen LogP contribution in [0.15, 0.2) is 18.2 Å². The maximum atomic E-state index is 11.4. The highest BCUT2D eigenvalue weighted by atomic mass is 16.4. The van der Waals surface area contributed by atoms with Crippen LogP contribution >= 0.6 is 0 Å². The highest BCUT2D eigenvalue weighted by Crippen LogP contribution is 2.43. The van der Waals surface area contributed by atoms with Crippen molar-refractivity contribution in [2.45, 2.75) is 51.5 Å². The van der Waals surface area contributed by atoms with E-state index in [4.69, 9.17) is 0 Å². The highest BCUT2D eigenvalue weighted by molar-refractivity contribution is 6.01. The van der Waals surface area contributed by atoms with E-state index in [9.17, 15) is 9.90 Å². The zero-order chi connectivity index (χ0) is 14.5. The lowest BCUT2D eigenvalue weighted by Crippen LogP contribution is -2.38. The topological polar surface area (TPSA) is 55.1 Å². The maximum Gasteiger partial charge on any atom is 0.337 e. The molecule has 1 aliphatic carbocycles. The van der Waals surface area contributed by atoms with Gasteiger partial charge in [0.25, 0.3) is 0 Å². The van der Waals surface area contributed by atoms with Gasteiger partial charge in [0.2, 0.25) is 0 Å². The van der Waals surface area contributed by atoms with Crippen LogP contribution < -0.4 is 0 Å². The molecule has 0 aliphatic heterocycles. The summed E-state index contributed by atoms with van der Waals surface area (Å²) >= 11 is 0. The van der Waals surface area contributed by atoms with Gasteiger partial charge in [-0.15, -0.1) is 0 Å². The summed E-state index contributed by atoms with van der Waals surface area (Å²) in [6.45, 7) is 6.47. The van der Waals surface area contributed by atoms with E-state index in [0.717, 1.165) is 24.2 Å². The van der Waals surface area contributed by atoms with Crippen LogP contribution in [0.5, 0.6) is 0 Å². The monoisotopic (exact) mass is 272 g/mol. The molecular formula is C16H20N2O2. The number of para-hydroxylation sites is 1. The Bertz CT molecular complexity index is 681. The van der Waals surface area contributed by atoms with Crippen molar-refractivity contribution in [2.75, 3.05) is 0 Å². The Kier molecular flexibility index (Phi) is 2.85. The number of benzene rings is 1. The van der Waals surface area contributed by atoms with E-state index >= 15 is 0 Å². The number of aromatic nitrogens is 2. The molecule has 1 aliphatic rings. The quantitative estimate of drug-likeness (QED) is 0.925. The first-order chi connectivity index (χ1) is 9.44. The first-order valence-corrected chi connectivity index (χ1v) is 7.19. The van der Waals surface area contributed by atoms with E-state index in [0.29, 0.717) is 11.1 Å². The molecule has 1 saturated carbocycles. The zero-order valence-corrected chi connectivity index (χ0v) is 12.2. The van der Waals surface area contributed by atoms with Crippen molar-refractivity contribution in [1.82, 2.24) is 9.55 Å². The molecule has 20 heavy (non-hydrogen) atoms. The molecule has 0 bridgehead atoms. The average Bonchev–Trinajstić information content (AvgIpc) is 2.75. The van der Waals surface area contributed by atoms with Crippen molar-refractivity contribution in [2.24, 2.45) is 0 Å². The summed E-state index contributed by atoms with van der Waals surface area (Å²) in [6.07, 6.45) is 3.50. The fraction of sp³-hybridized carbons (Fsp3) is 0.500. The minimum atomic E-state index is -0.908. The Morgan fingerprint density at radius 1 is 1.40 bits per heavy atom. The van der Waals surface area contributed by atoms with Crippen LogP contribution in [0.2, 0.25) is 0 Å². The molecule has 0 amide bonds. The summed E-state index contributed by atoms with van der Waals surface area (Å²) in [4.78, 5) is 16.1. The van der Waals surface area contributed by atoms with E-state index in [1.807, 2.05) is 12.1 Å². The molecule has 0 atom stereocenters. The Morgan fingerprint density at radius 3 is 2.60 bits per heavy atom. The first-order valence-electron chi connectivity index (χ1n) is 7.19. The van der Waals surface area contributed by atoms with Gasteiger partial charge in [-0.05, 0) is 38.3 Å². The molecule has 0 unspecified atom stereocenters. The summed E-state index contributed by atoms with van der Waals surface area (Å²) in [5, 5.41) is 9.35. The second kappa shape index (κ2) is 4.33. The molecule has 4 heteroatoms. The Labute approximate surface area is 118 Å². The van der Waals surface area contributed by atoms with Gasteiger partial charge < -0.3 is 9.67 Å². The van der Waals surface area contributed by atoms with E-state index in [2.05, 4.69) is 30.3 Å². The van der Waals surface area contributed by atoms with Crippen LogP contribution in [0.25, 0.3) is 11.0 Å². The lowest BCUT2D eigenvalue weighted by molar-refractivity contribution is 0.0699. The second-order valence-electron chi connectivity index (χ2n) is 6.29. The summed E-state index contributed by atoms with van der Waals surface area (Å²) in [5.74, 6) is 0.367. The van der Waals surface area contributed by atoms with Gasteiger partial charge in [-0.1, -0.05) is 19.9 Å². The molecule has 0 radical (unpaired) electrons. The first kappa shape index (κ1) is 13.2. The van der Waals surface area contributed by atoms with Crippen molar-refractivity contribution in [1.29, 1.82) is 0 Å². The predicted molar refractivity (Wildman–Crippen MR) is 78.3 cm³/mol. The molecule has 2 aromatic rings. The van der Waals surface area contributed by atoms with Gasteiger partial charge in [0, 0.05) is 11.5 Å². The fourth-order valence-corrected chi connectivity index (χ4v) is 3.16. The van der Waals surface area contributed by atoms with Gasteiger partial charge in [-0.25, -0.2) is 9.78 Å². The lowest BCUT2D eigenvalue weighted by atomic mass is 9.78. The smallest absolute Gasteiger partial charge is 0.337 e. The molecule has 4 nitrogen and oxygen atoms in total. The van der Waals surface area contributed by atoms with Crippen LogP contribution in [0, 0.1) is 0 Å². The molecule has 1 fully saturated rings. The van der Waals surface area contributed by atoms with Crippen molar-refractivity contribution in [3.63, 3.8) is 0 Å². The number of hydrogen-bond donors (Lipinski definition) is 1. The lowest BCUT2D eigenvalue weighted by Gasteiger charge is -2.41. The molecule has 1 aromatic carbocycles. The highest BCUT2D eigenvalue weighted by Gasteiger charge is 2.37. The van der Waals surface area contributed by atoms with E-state index in [1.54, 1.807) is 6.07 Å². The van der Waals surface area contributed by atoms with Gasteiger partial charge in [-0.2, -0.15) is 0 Å². The summed E-state index contributed by atoms with van der Waals surface area (Å²) in [7, 11) is 0. The third kappa shape index (κ3) is 1.74.